The first kappa shape index (κ1) is 15.6. The summed E-state index contributed by atoms with van der Waals surface area (Å²) in [5.74, 6) is -1.77. The van der Waals surface area contributed by atoms with E-state index in [0.717, 1.165) is 0 Å². The van der Waals surface area contributed by atoms with Crippen LogP contribution < -0.4 is 0 Å². The van der Waals surface area contributed by atoms with Crippen molar-refractivity contribution >= 4 is 24.5 Å². The highest BCUT2D eigenvalue weighted by Crippen LogP contribution is 2.27. The van der Waals surface area contributed by atoms with Gasteiger partial charge in [-0.15, -0.1) is 0 Å². The average Bonchev–Trinajstić information content (AvgIpc) is 2.37. The van der Waals surface area contributed by atoms with Gasteiger partial charge in [0.05, 0.1) is 5.92 Å². The van der Waals surface area contributed by atoms with Crippen LogP contribution in [0.2, 0.25) is 0 Å². The van der Waals surface area contributed by atoms with Gasteiger partial charge in [-0.1, -0.05) is 19.1 Å². The Morgan fingerprint density at radius 3 is 2.47 bits per heavy atom. The van der Waals surface area contributed by atoms with E-state index in [0.29, 0.717) is 17.5 Å². The molecule has 0 radical (unpaired) electrons. The van der Waals surface area contributed by atoms with Crippen LogP contribution in [0.15, 0.2) is 24.3 Å². The monoisotopic (exact) mass is 281 g/mol. The van der Waals surface area contributed by atoms with E-state index >= 15 is 0 Å². The first-order chi connectivity index (χ1) is 8.88. The van der Waals surface area contributed by atoms with E-state index in [1.165, 1.54) is 4.90 Å². The van der Waals surface area contributed by atoms with Gasteiger partial charge in [-0.05, 0) is 24.1 Å². The number of thiol groups is 1. The van der Waals surface area contributed by atoms with E-state index < -0.39 is 11.9 Å². The van der Waals surface area contributed by atoms with Gasteiger partial charge in [0.15, 0.2) is 0 Å². The normalized spacial score (nSPS) is 13.7. The molecular weight excluding hydrogens is 262 g/mol. The molecule has 0 bridgehead atoms. The molecule has 1 aromatic rings. The van der Waals surface area contributed by atoms with Gasteiger partial charge in [0.25, 0.3) is 5.91 Å². The van der Waals surface area contributed by atoms with Crippen LogP contribution >= 0.6 is 12.6 Å². The van der Waals surface area contributed by atoms with Crippen molar-refractivity contribution in [3.8, 4) is 0 Å². The molecule has 19 heavy (non-hydrogen) atoms. The van der Waals surface area contributed by atoms with Crippen LogP contribution in [0.1, 0.15) is 35.2 Å². The van der Waals surface area contributed by atoms with E-state index in [4.69, 9.17) is 0 Å². The van der Waals surface area contributed by atoms with Crippen LogP contribution in [-0.4, -0.2) is 41.2 Å². The molecule has 1 rings (SSSR count). The van der Waals surface area contributed by atoms with E-state index in [2.05, 4.69) is 12.6 Å². The number of hydrogen-bond donors (Lipinski definition) is 2. The molecule has 0 aliphatic heterocycles. The van der Waals surface area contributed by atoms with Gasteiger partial charge in [0.2, 0.25) is 0 Å². The first-order valence-electron chi connectivity index (χ1n) is 6.11. The number of benzene rings is 1. The van der Waals surface area contributed by atoms with E-state index in [1.807, 2.05) is 6.92 Å². The summed E-state index contributed by atoms with van der Waals surface area (Å²) in [5.41, 5.74) is 1.10. The quantitative estimate of drug-likeness (QED) is 0.814. The standard InChI is InChI=1S/C14H19NO3S/c1-4-11(19)12(14(17)18)9-6-5-7-10(8-9)13(16)15(2)3/h5-8,11-12,19H,4H2,1-3H3,(H,17,18). The van der Waals surface area contributed by atoms with Crippen molar-refractivity contribution in [2.24, 2.45) is 0 Å². The van der Waals surface area contributed by atoms with Crippen LogP contribution in [0.25, 0.3) is 0 Å². The van der Waals surface area contributed by atoms with Crippen LogP contribution in [-0.2, 0) is 4.79 Å². The zero-order valence-electron chi connectivity index (χ0n) is 11.3. The highest BCUT2D eigenvalue weighted by Gasteiger charge is 2.26. The van der Waals surface area contributed by atoms with Crippen molar-refractivity contribution in [1.82, 2.24) is 4.90 Å². The lowest BCUT2D eigenvalue weighted by Gasteiger charge is -2.19. The third-order valence-electron chi connectivity index (χ3n) is 2.97. The average molecular weight is 281 g/mol. The zero-order valence-corrected chi connectivity index (χ0v) is 12.2. The molecule has 1 N–H and O–H groups in total. The highest BCUT2D eigenvalue weighted by atomic mass is 32.1. The molecule has 0 heterocycles. The Hall–Kier alpha value is -1.49. The van der Waals surface area contributed by atoms with Crippen LogP contribution in [0.5, 0.6) is 0 Å². The van der Waals surface area contributed by atoms with Gasteiger partial charge in [-0.25, -0.2) is 0 Å². The Labute approximate surface area is 118 Å². The van der Waals surface area contributed by atoms with Crippen molar-refractivity contribution < 1.29 is 14.7 Å². The van der Waals surface area contributed by atoms with Gasteiger partial charge in [-0.2, -0.15) is 12.6 Å². The van der Waals surface area contributed by atoms with Crippen molar-refractivity contribution in [2.45, 2.75) is 24.5 Å². The molecule has 0 fully saturated rings. The van der Waals surface area contributed by atoms with Gasteiger partial charge in [0.1, 0.15) is 0 Å². The predicted molar refractivity (Wildman–Crippen MR) is 77.9 cm³/mol. The van der Waals surface area contributed by atoms with Gasteiger partial charge in [0, 0.05) is 24.9 Å². The van der Waals surface area contributed by atoms with E-state index in [9.17, 15) is 14.7 Å². The summed E-state index contributed by atoms with van der Waals surface area (Å²) in [6.07, 6.45) is 0.645. The van der Waals surface area contributed by atoms with Crippen molar-refractivity contribution in [3.05, 3.63) is 35.4 Å². The molecule has 0 aromatic heterocycles. The first-order valence-corrected chi connectivity index (χ1v) is 6.62. The number of amides is 1. The van der Waals surface area contributed by atoms with Crippen LogP contribution in [0, 0.1) is 0 Å². The van der Waals surface area contributed by atoms with Gasteiger partial charge < -0.3 is 10.0 Å². The maximum absolute atomic E-state index is 11.9. The zero-order chi connectivity index (χ0) is 14.6. The lowest BCUT2D eigenvalue weighted by atomic mass is 9.92. The molecule has 0 spiro atoms. The van der Waals surface area contributed by atoms with E-state index in [1.54, 1.807) is 38.4 Å². The van der Waals surface area contributed by atoms with Crippen LogP contribution in [0.4, 0.5) is 0 Å². The number of carbonyl (C=O) groups is 2. The van der Waals surface area contributed by atoms with Crippen molar-refractivity contribution in [3.63, 3.8) is 0 Å². The van der Waals surface area contributed by atoms with Gasteiger partial charge >= 0.3 is 5.97 Å². The molecular formula is C14H19NO3S. The largest absolute Gasteiger partial charge is 0.481 e. The molecule has 0 saturated heterocycles. The Kier molecular flexibility index (Phi) is 5.42. The molecule has 2 atom stereocenters. The molecule has 104 valence electrons. The Bertz CT molecular complexity index is 474. The third kappa shape index (κ3) is 3.73. The number of carbonyl (C=O) groups excluding carboxylic acids is 1. The summed E-state index contributed by atoms with van der Waals surface area (Å²) in [6.45, 7) is 1.89. The van der Waals surface area contributed by atoms with Crippen LogP contribution in [0.3, 0.4) is 0 Å². The smallest absolute Gasteiger partial charge is 0.312 e. The molecule has 2 unspecified atom stereocenters. The number of carboxylic acids is 1. The number of aliphatic carboxylic acids is 1. The number of nitrogens with zero attached hydrogens (tertiary/aromatic N) is 1. The molecule has 5 heteroatoms. The SMILES string of the molecule is CCC(S)C(C(=O)O)c1cccc(C(=O)N(C)C)c1. The topological polar surface area (TPSA) is 57.6 Å². The lowest BCUT2D eigenvalue weighted by Crippen LogP contribution is -2.24. The molecule has 1 amide bonds. The molecule has 0 aliphatic carbocycles. The minimum absolute atomic E-state index is 0.141. The maximum Gasteiger partial charge on any atom is 0.312 e. The minimum Gasteiger partial charge on any atom is -0.481 e. The van der Waals surface area contributed by atoms with E-state index in [-0.39, 0.29) is 11.2 Å². The molecule has 0 aliphatic rings. The summed E-state index contributed by atoms with van der Waals surface area (Å²) in [4.78, 5) is 24.7. The summed E-state index contributed by atoms with van der Waals surface area (Å²) in [7, 11) is 3.33. The Morgan fingerprint density at radius 1 is 1.37 bits per heavy atom. The van der Waals surface area contributed by atoms with Crippen molar-refractivity contribution in [2.75, 3.05) is 14.1 Å². The predicted octanol–water partition coefficient (Wildman–Crippen LogP) is 2.27. The summed E-state index contributed by atoms with van der Waals surface area (Å²) >= 11 is 4.33. The maximum atomic E-state index is 11.9. The number of carboxylic acid groups (broad SMARTS) is 1. The summed E-state index contributed by atoms with van der Waals surface area (Å²) in [5, 5.41) is 9.05. The molecule has 4 nitrogen and oxygen atoms in total. The Morgan fingerprint density at radius 2 is 2.00 bits per heavy atom. The van der Waals surface area contributed by atoms with Gasteiger partial charge in [-0.3, -0.25) is 9.59 Å². The third-order valence-corrected chi connectivity index (χ3v) is 3.63. The fourth-order valence-electron chi connectivity index (χ4n) is 1.89. The molecule has 0 saturated carbocycles. The van der Waals surface area contributed by atoms with Crippen molar-refractivity contribution in [1.29, 1.82) is 0 Å². The number of rotatable bonds is 5. The molecule has 1 aromatic carbocycles. The second-order valence-electron chi connectivity index (χ2n) is 4.62. The fourth-order valence-corrected chi connectivity index (χ4v) is 2.19. The second kappa shape index (κ2) is 6.61. The second-order valence-corrected chi connectivity index (χ2v) is 5.28. The number of hydrogen-bond acceptors (Lipinski definition) is 3. The summed E-state index contributed by atoms with van der Waals surface area (Å²) in [6, 6.07) is 6.76. The highest BCUT2D eigenvalue weighted by molar-refractivity contribution is 7.81. The lowest BCUT2D eigenvalue weighted by molar-refractivity contribution is -0.138. The minimum atomic E-state index is -0.920. The fraction of sp³-hybridized carbons (Fsp3) is 0.429. The Balaban J connectivity index is 3.16. The summed E-state index contributed by atoms with van der Waals surface area (Å²) < 4.78 is 0.